The van der Waals surface area contributed by atoms with Crippen LogP contribution in [0.1, 0.15) is 20.7 Å². The Morgan fingerprint density at radius 1 is 1.00 bits per heavy atom. The Labute approximate surface area is 157 Å². The van der Waals surface area contributed by atoms with Crippen molar-refractivity contribution in [3.8, 4) is 12.1 Å². The Kier molecular flexibility index (Phi) is 6.60. The van der Waals surface area contributed by atoms with Gasteiger partial charge in [0.15, 0.2) is 12.4 Å². The number of hydrogen-bond donors (Lipinski definition) is 1. The average molecular weight is 411 g/mol. The number of Topliss-reactive ketones (excluding diaryl/α,β-unsaturated/α-hetero) is 1. The van der Waals surface area contributed by atoms with Gasteiger partial charge < -0.3 is 4.74 Å². The third kappa shape index (κ3) is 5.26. The van der Waals surface area contributed by atoms with Gasteiger partial charge in [0.25, 0.3) is 0 Å². The maximum Gasteiger partial charge on any atom is 0.338 e. The molecule has 0 aliphatic rings. The normalized spacial score (nSPS) is 9.35. The van der Waals surface area contributed by atoms with E-state index in [9.17, 15) is 9.59 Å². The standard InChI is InChI=1S/C18H11BrN4O3/c19-14-5-1-12(2-6-14)17(24)11-26-18(25)13-3-7-15(8-4-13)22-23-16(9-20)10-21/h1-8,22H,11H2. The molecular formula is C18H11BrN4O3. The van der Waals surface area contributed by atoms with E-state index in [-0.39, 0.29) is 23.7 Å². The number of hydrazone groups is 1. The Morgan fingerprint density at radius 2 is 1.58 bits per heavy atom. The number of carbonyl (C=O) groups excluding carboxylic acids is 2. The SMILES string of the molecule is N#CC(C#N)=NNc1ccc(C(=O)OCC(=O)c2ccc(Br)cc2)cc1. The minimum atomic E-state index is -0.639. The Morgan fingerprint density at radius 3 is 2.15 bits per heavy atom. The lowest BCUT2D eigenvalue weighted by Gasteiger charge is -2.06. The van der Waals surface area contributed by atoms with Gasteiger partial charge in [0.2, 0.25) is 5.71 Å². The molecule has 8 heteroatoms. The molecular weight excluding hydrogens is 400 g/mol. The molecule has 0 amide bonds. The molecule has 0 aliphatic carbocycles. The summed E-state index contributed by atoms with van der Waals surface area (Å²) in [5.41, 5.74) is 3.39. The van der Waals surface area contributed by atoms with Crippen molar-refractivity contribution in [2.75, 3.05) is 12.0 Å². The summed E-state index contributed by atoms with van der Waals surface area (Å²) in [7, 11) is 0. The summed E-state index contributed by atoms with van der Waals surface area (Å²) >= 11 is 3.28. The molecule has 26 heavy (non-hydrogen) atoms. The van der Waals surface area contributed by atoms with Crippen LogP contribution < -0.4 is 5.43 Å². The van der Waals surface area contributed by atoms with Crippen LogP contribution in [-0.2, 0) is 4.74 Å². The lowest BCUT2D eigenvalue weighted by Crippen LogP contribution is -2.14. The number of nitrogens with one attached hydrogen (secondary N) is 1. The van der Waals surface area contributed by atoms with Crippen molar-refractivity contribution in [2.45, 2.75) is 0 Å². The van der Waals surface area contributed by atoms with E-state index < -0.39 is 5.97 Å². The number of anilines is 1. The van der Waals surface area contributed by atoms with Crippen LogP contribution in [0.3, 0.4) is 0 Å². The second-order valence-corrected chi connectivity index (χ2v) is 5.80. The number of rotatable bonds is 6. The first-order chi connectivity index (χ1) is 12.5. The van der Waals surface area contributed by atoms with E-state index in [0.717, 1.165) is 4.47 Å². The number of ether oxygens (including phenoxy) is 1. The van der Waals surface area contributed by atoms with Gasteiger partial charge in [-0.15, -0.1) is 0 Å². The molecule has 0 saturated carbocycles. The summed E-state index contributed by atoms with van der Waals surface area (Å²) < 4.78 is 5.86. The molecule has 0 aliphatic heterocycles. The maximum absolute atomic E-state index is 12.0. The van der Waals surface area contributed by atoms with Gasteiger partial charge in [-0.3, -0.25) is 10.2 Å². The molecule has 0 radical (unpaired) electrons. The largest absolute Gasteiger partial charge is 0.454 e. The highest BCUT2D eigenvalue weighted by atomic mass is 79.9. The summed E-state index contributed by atoms with van der Waals surface area (Å²) in [4.78, 5) is 24.0. The molecule has 2 aromatic carbocycles. The third-order valence-corrected chi connectivity index (χ3v) is 3.66. The summed E-state index contributed by atoms with van der Waals surface area (Å²) in [6.07, 6.45) is 0. The van der Waals surface area contributed by atoms with Crippen LogP contribution in [0.25, 0.3) is 0 Å². The molecule has 2 aromatic rings. The Bertz CT molecular complexity index is 907. The molecule has 0 unspecified atom stereocenters. The first kappa shape index (κ1) is 18.8. The van der Waals surface area contributed by atoms with Crippen LogP contribution >= 0.6 is 15.9 Å². The topological polar surface area (TPSA) is 115 Å². The number of benzene rings is 2. The van der Waals surface area contributed by atoms with Crippen molar-refractivity contribution in [3.63, 3.8) is 0 Å². The van der Waals surface area contributed by atoms with E-state index in [1.54, 1.807) is 36.4 Å². The zero-order chi connectivity index (χ0) is 18.9. The number of halogens is 1. The molecule has 0 bridgehead atoms. The second kappa shape index (κ2) is 9.11. The van der Waals surface area contributed by atoms with Crippen molar-refractivity contribution in [1.29, 1.82) is 10.5 Å². The highest BCUT2D eigenvalue weighted by Crippen LogP contribution is 2.13. The smallest absolute Gasteiger partial charge is 0.338 e. The molecule has 1 N–H and O–H groups in total. The zero-order valence-corrected chi connectivity index (χ0v) is 14.9. The van der Waals surface area contributed by atoms with Gasteiger partial charge in [0, 0.05) is 10.0 Å². The van der Waals surface area contributed by atoms with Crippen LogP contribution in [0.5, 0.6) is 0 Å². The predicted octanol–water partition coefficient (Wildman–Crippen LogP) is 3.30. The molecule has 0 heterocycles. The highest BCUT2D eigenvalue weighted by molar-refractivity contribution is 9.10. The fourth-order valence-corrected chi connectivity index (χ4v) is 2.07. The minimum Gasteiger partial charge on any atom is -0.454 e. The van der Waals surface area contributed by atoms with Crippen LogP contribution in [0.2, 0.25) is 0 Å². The molecule has 7 nitrogen and oxygen atoms in total. The summed E-state index contributed by atoms with van der Waals surface area (Å²) in [6, 6.07) is 16.0. The maximum atomic E-state index is 12.0. The molecule has 2 rings (SSSR count). The van der Waals surface area contributed by atoms with E-state index in [1.165, 1.54) is 24.3 Å². The summed E-state index contributed by atoms with van der Waals surface area (Å²) in [5.74, 6) is -0.945. The number of nitriles is 2. The second-order valence-electron chi connectivity index (χ2n) is 4.88. The van der Waals surface area contributed by atoms with E-state index in [4.69, 9.17) is 15.3 Å². The van der Waals surface area contributed by atoms with Crippen LogP contribution in [0, 0.1) is 22.7 Å². The van der Waals surface area contributed by atoms with Crippen molar-refractivity contribution >= 4 is 39.1 Å². The average Bonchev–Trinajstić information content (AvgIpc) is 2.67. The highest BCUT2D eigenvalue weighted by Gasteiger charge is 2.12. The molecule has 0 fully saturated rings. The fraction of sp³-hybridized carbons (Fsp3) is 0.0556. The van der Waals surface area contributed by atoms with Crippen molar-refractivity contribution in [1.82, 2.24) is 0 Å². The number of carbonyl (C=O) groups is 2. The van der Waals surface area contributed by atoms with Crippen molar-refractivity contribution in [3.05, 3.63) is 64.1 Å². The molecule has 0 aromatic heterocycles. The number of hydrogen-bond acceptors (Lipinski definition) is 7. The lowest BCUT2D eigenvalue weighted by molar-refractivity contribution is 0.0475. The van der Waals surface area contributed by atoms with E-state index in [0.29, 0.717) is 11.3 Å². The van der Waals surface area contributed by atoms with Gasteiger partial charge in [0.05, 0.1) is 11.3 Å². The monoisotopic (exact) mass is 410 g/mol. The van der Waals surface area contributed by atoms with E-state index in [1.807, 2.05) is 0 Å². The van der Waals surface area contributed by atoms with E-state index >= 15 is 0 Å². The van der Waals surface area contributed by atoms with Crippen LogP contribution in [0.15, 0.2) is 58.1 Å². The van der Waals surface area contributed by atoms with Gasteiger partial charge in [-0.1, -0.05) is 28.1 Å². The summed E-state index contributed by atoms with van der Waals surface area (Å²) in [6.45, 7) is -0.363. The first-order valence-electron chi connectivity index (χ1n) is 7.23. The van der Waals surface area contributed by atoms with E-state index in [2.05, 4.69) is 26.5 Å². The van der Waals surface area contributed by atoms with Gasteiger partial charge in [-0.05, 0) is 36.4 Å². The van der Waals surface area contributed by atoms with Crippen LogP contribution in [0.4, 0.5) is 5.69 Å². The van der Waals surface area contributed by atoms with Gasteiger partial charge in [-0.25, -0.2) is 4.79 Å². The van der Waals surface area contributed by atoms with Gasteiger partial charge in [0.1, 0.15) is 12.1 Å². The lowest BCUT2D eigenvalue weighted by atomic mass is 10.1. The van der Waals surface area contributed by atoms with Crippen molar-refractivity contribution < 1.29 is 14.3 Å². The van der Waals surface area contributed by atoms with Crippen molar-refractivity contribution in [2.24, 2.45) is 5.10 Å². The molecule has 128 valence electrons. The third-order valence-electron chi connectivity index (χ3n) is 3.13. The quantitative estimate of drug-likeness (QED) is 0.338. The fourth-order valence-electron chi connectivity index (χ4n) is 1.81. The van der Waals surface area contributed by atoms with Gasteiger partial charge in [-0.2, -0.15) is 15.6 Å². The molecule has 0 saturated heterocycles. The zero-order valence-electron chi connectivity index (χ0n) is 13.3. The Balaban J connectivity index is 1.92. The number of nitrogens with zero attached hydrogens (tertiary/aromatic N) is 3. The first-order valence-corrected chi connectivity index (χ1v) is 8.02. The Hall–Kier alpha value is -3.49. The molecule has 0 atom stereocenters. The predicted molar refractivity (Wildman–Crippen MR) is 97.5 cm³/mol. The van der Waals surface area contributed by atoms with Crippen LogP contribution in [-0.4, -0.2) is 24.1 Å². The molecule has 0 spiro atoms. The minimum absolute atomic E-state index is 0.254. The summed E-state index contributed by atoms with van der Waals surface area (Å²) in [5, 5.41) is 20.8. The van der Waals surface area contributed by atoms with Gasteiger partial charge >= 0.3 is 5.97 Å². The number of esters is 1. The number of ketones is 1.